The van der Waals surface area contributed by atoms with Gasteiger partial charge < -0.3 is 10.2 Å². The van der Waals surface area contributed by atoms with E-state index in [1.54, 1.807) is 0 Å². The molecule has 1 amide bonds. The molecular formula is C18H25N3O. The number of aromatic nitrogens is 1. The van der Waals surface area contributed by atoms with Gasteiger partial charge in [-0.2, -0.15) is 0 Å². The number of hydrogen-bond acceptors (Lipinski definition) is 3. The van der Waals surface area contributed by atoms with Crippen LogP contribution >= 0.6 is 0 Å². The molecule has 1 aliphatic carbocycles. The molecule has 22 heavy (non-hydrogen) atoms. The highest BCUT2D eigenvalue weighted by Crippen LogP contribution is 2.20. The maximum absolute atomic E-state index is 12.2. The summed E-state index contributed by atoms with van der Waals surface area (Å²) in [5, 5.41) is 3.08. The lowest BCUT2D eigenvalue weighted by molar-refractivity contribution is -0.125. The van der Waals surface area contributed by atoms with E-state index in [-0.39, 0.29) is 11.8 Å². The lowest BCUT2D eigenvalue weighted by Gasteiger charge is -2.28. The van der Waals surface area contributed by atoms with Gasteiger partial charge in [0.2, 0.25) is 5.91 Å². The lowest BCUT2D eigenvalue weighted by Crippen LogP contribution is -2.31. The summed E-state index contributed by atoms with van der Waals surface area (Å²) in [6.45, 7) is 2.79. The first-order chi connectivity index (χ1) is 10.8. The lowest BCUT2D eigenvalue weighted by atomic mass is 9.93. The maximum atomic E-state index is 12.2. The van der Waals surface area contributed by atoms with Crippen LogP contribution in [0.1, 0.15) is 44.1 Å². The van der Waals surface area contributed by atoms with Crippen LogP contribution < -0.4 is 10.2 Å². The van der Waals surface area contributed by atoms with Crippen molar-refractivity contribution in [3.05, 3.63) is 36.0 Å². The summed E-state index contributed by atoms with van der Waals surface area (Å²) < 4.78 is 0. The van der Waals surface area contributed by atoms with Gasteiger partial charge in [-0.15, -0.1) is 0 Å². The van der Waals surface area contributed by atoms with Crippen molar-refractivity contribution in [3.8, 4) is 0 Å². The molecule has 1 aromatic heterocycles. The fourth-order valence-corrected chi connectivity index (χ4v) is 3.23. The van der Waals surface area contributed by atoms with E-state index in [1.165, 1.54) is 19.3 Å². The normalized spacial score (nSPS) is 21.6. The van der Waals surface area contributed by atoms with Crippen molar-refractivity contribution in [1.29, 1.82) is 0 Å². The molecule has 4 heteroatoms. The van der Waals surface area contributed by atoms with Gasteiger partial charge in [-0.25, -0.2) is 4.98 Å². The summed E-state index contributed by atoms with van der Waals surface area (Å²) in [6.07, 6.45) is 12.8. The van der Waals surface area contributed by atoms with Crippen molar-refractivity contribution < 1.29 is 4.79 Å². The molecule has 2 aliphatic rings. The van der Waals surface area contributed by atoms with E-state index in [1.807, 2.05) is 12.3 Å². The van der Waals surface area contributed by atoms with Crippen molar-refractivity contribution in [3.63, 3.8) is 0 Å². The first-order valence-corrected chi connectivity index (χ1v) is 8.45. The third-order valence-electron chi connectivity index (χ3n) is 4.60. The number of pyridine rings is 1. The second kappa shape index (κ2) is 7.43. The molecule has 0 unspecified atom stereocenters. The topological polar surface area (TPSA) is 45.2 Å². The van der Waals surface area contributed by atoms with Gasteiger partial charge in [-0.1, -0.05) is 12.2 Å². The van der Waals surface area contributed by atoms with Gasteiger partial charge in [0.05, 0.1) is 0 Å². The molecule has 1 aromatic rings. The summed E-state index contributed by atoms with van der Waals surface area (Å²) >= 11 is 0. The molecule has 1 N–H and O–H groups in total. The van der Waals surface area contributed by atoms with Crippen LogP contribution in [0.5, 0.6) is 0 Å². The van der Waals surface area contributed by atoms with E-state index in [0.29, 0.717) is 6.54 Å². The zero-order chi connectivity index (χ0) is 15.2. The average molecular weight is 299 g/mol. The Hall–Kier alpha value is -1.84. The zero-order valence-corrected chi connectivity index (χ0v) is 13.1. The van der Waals surface area contributed by atoms with Gasteiger partial charge in [-0.05, 0) is 56.2 Å². The largest absolute Gasteiger partial charge is 0.357 e. The Kier molecular flexibility index (Phi) is 5.09. The average Bonchev–Trinajstić information content (AvgIpc) is 2.61. The molecule has 2 heterocycles. The highest BCUT2D eigenvalue weighted by atomic mass is 16.1. The number of nitrogens with zero attached hydrogens (tertiary/aromatic N) is 2. The van der Waals surface area contributed by atoms with Crippen LogP contribution in [-0.2, 0) is 11.3 Å². The van der Waals surface area contributed by atoms with Crippen molar-refractivity contribution in [2.75, 3.05) is 18.0 Å². The van der Waals surface area contributed by atoms with Gasteiger partial charge in [0.15, 0.2) is 0 Å². The molecule has 3 rings (SSSR count). The van der Waals surface area contributed by atoms with Gasteiger partial charge >= 0.3 is 0 Å². The molecule has 0 aromatic carbocycles. The second-order valence-corrected chi connectivity index (χ2v) is 6.27. The third-order valence-corrected chi connectivity index (χ3v) is 4.60. The minimum Gasteiger partial charge on any atom is -0.357 e. The van der Waals surface area contributed by atoms with E-state index in [9.17, 15) is 4.79 Å². The Balaban J connectivity index is 1.55. The highest BCUT2D eigenvalue weighted by molar-refractivity contribution is 5.79. The molecule has 0 saturated carbocycles. The Morgan fingerprint density at radius 3 is 2.91 bits per heavy atom. The van der Waals surface area contributed by atoms with Crippen LogP contribution in [-0.4, -0.2) is 24.0 Å². The fraction of sp³-hybridized carbons (Fsp3) is 0.556. The number of carbonyl (C=O) groups excluding carboxylic acids is 1. The molecule has 0 radical (unpaired) electrons. The smallest absolute Gasteiger partial charge is 0.223 e. The number of nitrogens with one attached hydrogen (secondary N) is 1. The van der Waals surface area contributed by atoms with Gasteiger partial charge in [0.25, 0.3) is 0 Å². The van der Waals surface area contributed by atoms with Crippen LogP contribution in [0.4, 0.5) is 5.82 Å². The van der Waals surface area contributed by atoms with Gasteiger partial charge in [-0.3, -0.25) is 4.79 Å². The number of carbonyl (C=O) groups is 1. The summed E-state index contributed by atoms with van der Waals surface area (Å²) in [4.78, 5) is 19.0. The number of hydrogen-bond donors (Lipinski definition) is 1. The van der Waals surface area contributed by atoms with Crippen molar-refractivity contribution in [1.82, 2.24) is 10.3 Å². The van der Waals surface area contributed by atoms with Crippen LogP contribution in [0.2, 0.25) is 0 Å². The molecule has 0 spiro atoms. The predicted molar refractivity (Wildman–Crippen MR) is 88.6 cm³/mol. The Morgan fingerprint density at radius 1 is 1.27 bits per heavy atom. The molecule has 1 saturated heterocycles. The van der Waals surface area contributed by atoms with Crippen LogP contribution in [0, 0.1) is 5.92 Å². The molecule has 1 aliphatic heterocycles. The molecule has 1 fully saturated rings. The molecule has 4 nitrogen and oxygen atoms in total. The Morgan fingerprint density at radius 2 is 2.14 bits per heavy atom. The molecule has 1 atom stereocenters. The van der Waals surface area contributed by atoms with Crippen LogP contribution in [0.3, 0.4) is 0 Å². The summed E-state index contributed by atoms with van der Waals surface area (Å²) in [6, 6.07) is 4.11. The van der Waals surface area contributed by atoms with Crippen LogP contribution in [0.25, 0.3) is 0 Å². The minimum atomic E-state index is 0.147. The first kappa shape index (κ1) is 15.1. The van der Waals surface area contributed by atoms with E-state index in [2.05, 4.69) is 33.4 Å². The summed E-state index contributed by atoms with van der Waals surface area (Å²) in [5.41, 5.74) is 1.13. The fourth-order valence-electron chi connectivity index (χ4n) is 3.23. The number of amides is 1. The Labute approximate surface area is 132 Å². The van der Waals surface area contributed by atoms with Gasteiger partial charge in [0.1, 0.15) is 5.82 Å². The van der Waals surface area contributed by atoms with E-state index in [4.69, 9.17) is 0 Å². The summed E-state index contributed by atoms with van der Waals surface area (Å²) in [7, 11) is 0. The van der Waals surface area contributed by atoms with Crippen molar-refractivity contribution in [2.45, 2.75) is 45.1 Å². The quantitative estimate of drug-likeness (QED) is 0.869. The highest BCUT2D eigenvalue weighted by Gasteiger charge is 2.18. The molecule has 118 valence electrons. The third kappa shape index (κ3) is 3.87. The van der Waals surface area contributed by atoms with Crippen LogP contribution in [0.15, 0.2) is 30.5 Å². The second-order valence-electron chi connectivity index (χ2n) is 6.27. The number of rotatable bonds is 4. The standard InChI is InChI=1S/C18H25N3O/c22-18(16-7-3-1-4-8-16)20-14-15-9-10-19-17(13-15)21-11-5-2-6-12-21/h1,3,9-10,13,16H,2,4-8,11-12,14H2,(H,20,22)/t16-/m1/s1. The van der Waals surface area contributed by atoms with Crippen molar-refractivity contribution in [2.24, 2.45) is 5.92 Å². The zero-order valence-electron chi connectivity index (χ0n) is 13.1. The predicted octanol–water partition coefficient (Wildman–Crippen LogP) is 3.04. The summed E-state index contributed by atoms with van der Waals surface area (Å²) in [5.74, 6) is 1.38. The maximum Gasteiger partial charge on any atom is 0.223 e. The van der Waals surface area contributed by atoms with E-state index < -0.39 is 0 Å². The number of allylic oxidation sites excluding steroid dienone is 2. The molecular weight excluding hydrogens is 274 g/mol. The van der Waals surface area contributed by atoms with Crippen molar-refractivity contribution >= 4 is 11.7 Å². The SMILES string of the molecule is O=C(NCc1ccnc(N2CCCCC2)c1)[C@@H]1CC=CCC1. The number of piperidine rings is 1. The van der Waals surface area contributed by atoms with E-state index in [0.717, 1.165) is 43.7 Å². The first-order valence-electron chi connectivity index (χ1n) is 8.45. The monoisotopic (exact) mass is 299 g/mol. The Bertz CT molecular complexity index is 535. The van der Waals surface area contributed by atoms with Gasteiger partial charge in [0, 0.05) is 31.7 Å². The van der Waals surface area contributed by atoms with E-state index >= 15 is 0 Å². The minimum absolute atomic E-state index is 0.147. The molecule has 0 bridgehead atoms. The number of anilines is 1.